The minimum absolute atomic E-state index is 0.0178. The van der Waals surface area contributed by atoms with Crippen LogP contribution in [0.5, 0.6) is 5.88 Å². The van der Waals surface area contributed by atoms with Crippen LogP contribution < -0.4 is 26.7 Å². The number of nitrogens with two attached hydrogens (primary N) is 2. The highest BCUT2D eigenvalue weighted by Crippen LogP contribution is 2.38. The van der Waals surface area contributed by atoms with Crippen LogP contribution in [0.25, 0.3) is 11.3 Å². The molecule has 0 saturated carbocycles. The summed E-state index contributed by atoms with van der Waals surface area (Å²) in [5.41, 5.74) is 14.0. The van der Waals surface area contributed by atoms with E-state index in [4.69, 9.17) is 16.2 Å². The molecule has 2 aliphatic rings. The average Bonchev–Trinajstić information content (AvgIpc) is 2.73. The summed E-state index contributed by atoms with van der Waals surface area (Å²) in [7, 11) is 1.56. The SMILES string of the molecule is COc1cc(N2C[C@@H]3C[C@H](C2)c2cc(-c4cc(N)ncn4)cc(=O)n2C3)nc(N)n1. The maximum absolute atomic E-state index is 12.9. The zero-order valence-electron chi connectivity index (χ0n) is 16.5. The number of nitrogens with zero attached hydrogens (tertiary/aromatic N) is 6. The van der Waals surface area contributed by atoms with Gasteiger partial charge in [-0.25, -0.2) is 9.97 Å². The summed E-state index contributed by atoms with van der Waals surface area (Å²) >= 11 is 0. The lowest BCUT2D eigenvalue weighted by Gasteiger charge is -2.43. The van der Waals surface area contributed by atoms with Crippen LogP contribution in [0.4, 0.5) is 17.6 Å². The number of ether oxygens (including phenoxy) is 1. The van der Waals surface area contributed by atoms with Crippen LogP contribution in [0, 0.1) is 5.92 Å². The van der Waals surface area contributed by atoms with Gasteiger partial charge >= 0.3 is 0 Å². The molecule has 5 heterocycles. The predicted molar refractivity (Wildman–Crippen MR) is 112 cm³/mol. The van der Waals surface area contributed by atoms with E-state index in [0.717, 1.165) is 36.6 Å². The van der Waals surface area contributed by atoms with Gasteiger partial charge in [0.05, 0.1) is 12.8 Å². The molecule has 10 nitrogen and oxygen atoms in total. The van der Waals surface area contributed by atoms with E-state index in [9.17, 15) is 4.79 Å². The summed E-state index contributed by atoms with van der Waals surface area (Å²) in [6, 6.07) is 7.15. The van der Waals surface area contributed by atoms with Gasteiger partial charge in [0.25, 0.3) is 5.56 Å². The second-order valence-corrected chi connectivity index (χ2v) is 7.78. The molecule has 0 unspecified atom stereocenters. The summed E-state index contributed by atoms with van der Waals surface area (Å²) in [6.45, 7) is 2.20. The summed E-state index contributed by atoms with van der Waals surface area (Å²) in [5.74, 6) is 2.26. The van der Waals surface area contributed by atoms with E-state index in [1.54, 1.807) is 25.3 Å². The molecule has 3 aromatic rings. The fourth-order valence-electron chi connectivity index (χ4n) is 4.52. The van der Waals surface area contributed by atoms with Crippen molar-refractivity contribution in [2.45, 2.75) is 18.9 Å². The van der Waals surface area contributed by atoms with Crippen LogP contribution in [0.15, 0.2) is 35.4 Å². The van der Waals surface area contributed by atoms with Crippen LogP contribution in [0.2, 0.25) is 0 Å². The Bertz CT molecular complexity index is 1180. The smallest absolute Gasteiger partial charge is 0.251 e. The molecule has 154 valence electrons. The molecule has 10 heteroatoms. The first-order valence-electron chi connectivity index (χ1n) is 9.76. The zero-order valence-corrected chi connectivity index (χ0v) is 16.5. The number of pyridine rings is 1. The lowest BCUT2D eigenvalue weighted by molar-refractivity contribution is 0.280. The molecule has 0 amide bonds. The molecule has 2 aliphatic heterocycles. The highest BCUT2D eigenvalue weighted by atomic mass is 16.5. The molecule has 1 fully saturated rings. The highest BCUT2D eigenvalue weighted by Gasteiger charge is 2.35. The number of hydrogen-bond donors (Lipinski definition) is 2. The van der Waals surface area contributed by atoms with Crippen LogP contribution in [0.3, 0.4) is 0 Å². The summed E-state index contributed by atoms with van der Waals surface area (Å²) in [4.78, 5) is 31.7. The number of anilines is 3. The largest absolute Gasteiger partial charge is 0.481 e. The maximum atomic E-state index is 12.9. The Morgan fingerprint density at radius 1 is 1.07 bits per heavy atom. The Hall–Kier alpha value is -3.69. The van der Waals surface area contributed by atoms with Crippen LogP contribution in [0.1, 0.15) is 18.0 Å². The molecular formula is C20H22N8O2. The average molecular weight is 406 g/mol. The van der Waals surface area contributed by atoms with Crippen LogP contribution >= 0.6 is 0 Å². The van der Waals surface area contributed by atoms with Crippen molar-refractivity contribution in [2.24, 2.45) is 5.92 Å². The molecule has 2 bridgehead atoms. The molecular weight excluding hydrogens is 384 g/mol. The maximum Gasteiger partial charge on any atom is 0.251 e. The zero-order chi connectivity index (χ0) is 20.8. The van der Waals surface area contributed by atoms with E-state index in [0.29, 0.717) is 29.9 Å². The lowest BCUT2D eigenvalue weighted by Crippen LogP contribution is -2.47. The fraction of sp³-hybridized carbons (Fsp3) is 0.350. The molecule has 4 N–H and O–H groups in total. The Labute approximate surface area is 172 Å². The quantitative estimate of drug-likeness (QED) is 0.649. The topological polar surface area (TPSA) is 138 Å². The van der Waals surface area contributed by atoms with Gasteiger partial charge in [-0.1, -0.05) is 0 Å². The first-order chi connectivity index (χ1) is 14.5. The fourth-order valence-corrected chi connectivity index (χ4v) is 4.52. The molecule has 5 rings (SSSR count). The van der Waals surface area contributed by atoms with Crippen molar-refractivity contribution in [3.8, 4) is 17.1 Å². The Kier molecular flexibility index (Phi) is 4.27. The van der Waals surface area contributed by atoms with E-state index in [-0.39, 0.29) is 17.4 Å². The lowest BCUT2D eigenvalue weighted by atomic mass is 9.82. The molecule has 0 spiro atoms. The number of nitrogen functional groups attached to an aromatic ring is 2. The third-order valence-corrected chi connectivity index (χ3v) is 5.78. The Balaban J connectivity index is 1.52. The van der Waals surface area contributed by atoms with E-state index < -0.39 is 0 Å². The van der Waals surface area contributed by atoms with Gasteiger partial charge in [0.2, 0.25) is 11.8 Å². The van der Waals surface area contributed by atoms with Gasteiger partial charge in [0.15, 0.2) is 0 Å². The molecule has 2 atom stereocenters. The molecule has 0 radical (unpaired) electrons. The van der Waals surface area contributed by atoms with Crippen LogP contribution in [-0.4, -0.2) is 44.7 Å². The van der Waals surface area contributed by atoms with E-state index in [1.165, 1.54) is 6.33 Å². The van der Waals surface area contributed by atoms with Crippen molar-refractivity contribution in [1.82, 2.24) is 24.5 Å². The monoisotopic (exact) mass is 406 g/mol. The van der Waals surface area contributed by atoms with Crippen molar-refractivity contribution in [3.05, 3.63) is 46.6 Å². The number of piperidine rings is 1. The number of hydrogen-bond acceptors (Lipinski definition) is 9. The second kappa shape index (κ2) is 6.97. The molecule has 0 aromatic carbocycles. The Morgan fingerprint density at radius 2 is 1.93 bits per heavy atom. The van der Waals surface area contributed by atoms with Gasteiger partial charge < -0.3 is 25.7 Å². The van der Waals surface area contributed by atoms with Gasteiger partial charge in [-0.15, -0.1) is 0 Å². The number of aromatic nitrogens is 5. The standard InChI is InChI=1S/C20H22N8O2/c1-30-18-6-17(25-20(22)26-18)27-7-11-2-13(9-27)15-3-12(4-19(29)28(15)8-11)14-5-16(21)24-10-23-14/h3-6,10-11,13H,2,7-9H2,1H3,(H2,21,23,24)(H2,22,25,26)/t11-,13+/m0/s1. The van der Waals surface area contributed by atoms with E-state index in [2.05, 4.69) is 24.8 Å². The second-order valence-electron chi connectivity index (χ2n) is 7.78. The Morgan fingerprint density at radius 3 is 2.73 bits per heavy atom. The predicted octanol–water partition coefficient (Wildman–Crippen LogP) is 0.892. The van der Waals surface area contributed by atoms with Gasteiger partial charge in [0, 0.05) is 55.0 Å². The van der Waals surface area contributed by atoms with Gasteiger partial charge in [-0.3, -0.25) is 4.79 Å². The summed E-state index contributed by atoms with van der Waals surface area (Å²) < 4.78 is 7.13. The number of methoxy groups -OCH3 is 1. The van der Waals surface area contributed by atoms with Crippen molar-refractivity contribution in [2.75, 3.05) is 36.6 Å². The summed E-state index contributed by atoms with van der Waals surface area (Å²) in [5, 5.41) is 0. The summed E-state index contributed by atoms with van der Waals surface area (Å²) in [6.07, 6.45) is 2.43. The van der Waals surface area contributed by atoms with Crippen molar-refractivity contribution >= 4 is 17.6 Å². The molecule has 1 saturated heterocycles. The number of fused-ring (bicyclic) bond motifs is 4. The third kappa shape index (κ3) is 3.19. The minimum Gasteiger partial charge on any atom is -0.481 e. The molecule has 30 heavy (non-hydrogen) atoms. The highest BCUT2D eigenvalue weighted by molar-refractivity contribution is 5.62. The van der Waals surface area contributed by atoms with Gasteiger partial charge in [-0.05, 0) is 18.4 Å². The minimum atomic E-state index is -0.0178. The van der Waals surface area contributed by atoms with E-state index >= 15 is 0 Å². The van der Waals surface area contributed by atoms with Gasteiger partial charge in [0.1, 0.15) is 18.0 Å². The normalized spacial score (nSPS) is 20.0. The molecule has 0 aliphatic carbocycles. The first kappa shape index (κ1) is 18.3. The van der Waals surface area contributed by atoms with E-state index in [1.807, 2.05) is 10.6 Å². The first-order valence-corrected chi connectivity index (χ1v) is 9.76. The third-order valence-electron chi connectivity index (χ3n) is 5.78. The van der Waals surface area contributed by atoms with Crippen molar-refractivity contribution in [1.29, 1.82) is 0 Å². The van der Waals surface area contributed by atoms with Gasteiger partial charge in [-0.2, -0.15) is 9.97 Å². The van der Waals surface area contributed by atoms with Crippen molar-refractivity contribution in [3.63, 3.8) is 0 Å². The molecule has 3 aromatic heterocycles. The van der Waals surface area contributed by atoms with Crippen molar-refractivity contribution < 1.29 is 4.74 Å². The number of rotatable bonds is 3. The van der Waals surface area contributed by atoms with Crippen LogP contribution in [-0.2, 0) is 6.54 Å².